The lowest BCUT2D eigenvalue weighted by Gasteiger charge is -2.41. The minimum atomic E-state index is -1.00. The highest BCUT2D eigenvalue weighted by molar-refractivity contribution is 5.72. The fraction of sp³-hybridized carbons (Fsp3) is 0.577. The van der Waals surface area contributed by atoms with Crippen molar-refractivity contribution in [3.8, 4) is 11.5 Å². The van der Waals surface area contributed by atoms with E-state index in [4.69, 9.17) is 16.2 Å². The van der Waals surface area contributed by atoms with Crippen molar-refractivity contribution in [2.45, 2.75) is 77.7 Å². The lowest BCUT2D eigenvalue weighted by atomic mass is 9.68. The van der Waals surface area contributed by atoms with E-state index in [0.29, 0.717) is 24.4 Å². The molecule has 6 N–H and O–H groups in total. The zero-order valence-corrected chi connectivity index (χ0v) is 20.0. The average Bonchev–Trinajstić information content (AvgIpc) is 2.70. The molecule has 0 bridgehead atoms. The van der Waals surface area contributed by atoms with Gasteiger partial charge in [0.05, 0.1) is 11.1 Å². The van der Waals surface area contributed by atoms with Crippen LogP contribution in [-0.4, -0.2) is 24.3 Å². The molecule has 0 saturated carbocycles. The van der Waals surface area contributed by atoms with E-state index in [1.165, 1.54) is 0 Å². The number of nitrogens with two attached hydrogens (primary N) is 2. The van der Waals surface area contributed by atoms with Crippen molar-refractivity contribution in [1.29, 1.82) is 0 Å². The van der Waals surface area contributed by atoms with Gasteiger partial charge in [-0.25, -0.2) is 4.79 Å². The largest absolute Gasteiger partial charge is 0.507 e. The second kappa shape index (κ2) is 12.1. The minimum absolute atomic E-state index is 0.0598. The zero-order chi connectivity index (χ0) is 23.7. The van der Waals surface area contributed by atoms with E-state index in [2.05, 4.69) is 18.8 Å². The topological polar surface area (TPSA) is 111 Å². The van der Waals surface area contributed by atoms with Crippen LogP contribution in [0.2, 0.25) is 0 Å². The van der Waals surface area contributed by atoms with Crippen molar-refractivity contribution in [2.75, 3.05) is 13.1 Å². The van der Waals surface area contributed by atoms with E-state index in [0.717, 1.165) is 68.1 Å². The van der Waals surface area contributed by atoms with E-state index < -0.39 is 11.6 Å². The van der Waals surface area contributed by atoms with Gasteiger partial charge in [0.2, 0.25) is 0 Å². The molecule has 32 heavy (non-hydrogen) atoms. The normalized spacial score (nSPS) is 20.5. The van der Waals surface area contributed by atoms with Gasteiger partial charge in [-0.15, -0.1) is 0 Å². The number of amides is 1. The van der Waals surface area contributed by atoms with Crippen molar-refractivity contribution in [3.63, 3.8) is 0 Å². The summed E-state index contributed by atoms with van der Waals surface area (Å²) in [6, 6.07) is 3.62. The molecule has 1 amide bonds. The van der Waals surface area contributed by atoms with Gasteiger partial charge in [-0.2, -0.15) is 0 Å². The summed E-state index contributed by atoms with van der Waals surface area (Å²) in [5.41, 5.74) is 15.0. The molecule has 0 heterocycles. The fourth-order valence-electron chi connectivity index (χ4n) is 4.58. The fourth-order valence-corrected chi connectivity index (χ4v) is 4.58. The summed E-state index contributed by atoms with van der Waals surface area (Å²) >= 11 is 0. The van der Waals surface area contributed by atoms with Gasteiger partial charge in [-0.1, -0.05) is 43.6 Å². The molecule has 0 spiro atoms. The first kappa shape index (κ1) is 25.9. The summed E-state index contributed by atoms with van der Waals surface area (Å²) in [4.78, 5) is 12.6. The Morgan fingerprint density at radius 3 is 2.72 bits per heavy atom. The van der Waals surface area contributed by atoms with Crippen LogP contribution in [0.1, 0.15) is 76.8 Å². The van der Waals surface area contributed by atoms with Gasteiger partial charge >= 0.3 is 6.09 Å². The molecule has 1 aliphatic carbocycles. The Bertz CT molecular complexity index is 834. The summed E-state index contributed by atoms with van der Waals surface area (Å²) < 4.78 is 5.76. The van der Waals surface area contributed by atoms with Crippen molar-refractivity contribution in [2.24, 2.45) is 17.4 Å². The molecule has 0 saturated heterocycles. The number of carbonyl (C=O) groups excluding carboxylic acids is 1. The molecule has 178 valence electrons. The number of hydrogen-bond donors (Lipinski definition) is 4. The number of unbranched alkanes of at least 4 members (excludes halogenated alkanes) is 3. The second-order valence-corrected chi connectivity index (χ2v) is 9.12. The Morgan fingerprint density at radius 1 is 1.31 bits per heavy atom. The number of phenolic OH excluding ortho intramolecular Hbond substituents is 1. The van der Waals surface area contributed by atoms with Crippen LogP contribution in [0, 0.1) is 5.92 Å². The number of hydrogen-bond acceptors (Lipinski definition) is 5. The number of nitrogens with one attached hydrogen (secondary N) is 1. The molecule has 1 aromatic carbocycles. The molecule has 6 heteroatoms. The summed E-state index contributed by atoms with van der Waals surface area (Å²) in [6.45, 7) is 11.4. The summed E-state index contributed by atoms with van der Waals surface area (Å²) in [7, 11) is 0. The van der Waals surface area contributed by atoms with Crippen LogP contribution in [0.15, 0.2) is 35.9 Å². The molecule has 0 radical (unpaired) electrons. The zero-order valence-electron chi connectivity index (χ0n) is 20.0. The van der Waals surface area contributed by atoms with Gasteiger partial charge < -0.3 is 26.6 Å². The molecule has 1 aromatic rings. The first-order valence-corrected chi connectivity index (χ1v) is 11.9. The Morgan fingerprint density at radius 2 is 2.06 bits per heavy atom. The third-order valence-corrected chi connectivity index (χ3v) is 6.23. The molecular formula is C26H41N3O3. The van der Waals surface area contributed by atoms with Crippen LogP contribution in [0.3, 0.4) is 0 Å². The van der Waals surface area contributed by atoms with Crippen molar-refractivity contribution < 1.29 is 14.6 Å². The third-order valence-electron chi connectivity index (χ3n) is 6.23. The monoisotopic (exact) mass is 443 g/mol. The van der Waals surface area contributed by atoms with E-state index in [1.54, 1.807) is 6.07 Å². The minimum Gasteiger partial charge on any atom is -0.507 e. The number of benzene rings is 1. The van der Waals surface area contributed by atoms with Crippen LogP contribution in [-0.2, 0) is 12.0 Å². The summed E-state index contributed by atoms with van der Waals surface area (Å²) in [5, 5.41) is 13.9. The van der Waals surface area contributed by atoms with Crippen LogP contribution in [0.5, 0.6) is 11.5 Å². The molecule has 0 aromatic heterocycles. The SMILES string of the molecule is C=C(C)[C@@H]1CCC(C)=C[C@@]1(N)c1c(O)cc(CCCCC)cc1OC(=O)NCCCCN. The van der Waals surface area contributed by atoms with Crippen LogP contribution >= 0.6 is 0 Å². The van der Waals surface area contributed by atoms with Crippen LogP contribution in [0.25, 0.3) is 0 Å². The molecule has 0 fully saturated rings. The van der Waals surface area contributed by atoms with E-state index in [-0.39, 0.29) is 11.7 Å². The molecule has 0 aliphatic heterocycles. The number of ether oxygens (including phenoxy) is 1. The number of aryl methyl sites for hydroxylation is 1. The number of aromatic hydroxyl groups is 1. The highest BCUT2D eigenvalue weighted by Crippen LogP contribution is 2.48. The number of phenols is 1. The van der Waals surface area contributed by atoms with Crippen LogP contribution in [0.4, 0.5) is 4.79 Å². The molecule has 1 aliphatic rings. The lowest BCUT2D eigenvalue weighted by molar-refractivity contribution is 0.198. The van der Waals surface area contributed by atoms with Crippen molar-refractivity contribution in [1.82, 2.24) is 5.32 Å². The smallest absolute Gasteiger partial charge is 0.412 e. The first-order valence-electron chi connectivity index (χ1n) is 11.9. The highest BCUT2D eigenvalue weighted by Gasteiger charge is 2.42. The van der Waals surface area contributed by atoms with Gasteiger partial charge in [0.15, 0.2) is 0 Å². The van der Waals surface area contributed by atoms with E-state index in [9.17, 15) is 9.90 Å². The van der Waals surface area contributed by atoms with Gasteiger partial charge in [-0.3, -0.25) is 0 Å². The molecule has 2 rings (SSSR count). The predicted molar refractivity (Wildman–Crippen MR) is 131 cm³/mol. The predicted octanol–water partition coefficient (Wildman–Crippen LogP) is 5.04. The Kier molecular flexibility index (Phi) is 9.79. The summed E-state index contributed by atoms with van der Waals surface area (Å²) in [6.07, 6.45) is 8.80. The standard InChI is InChI=1S/C26H41N3O3/c1-5-6-7-10-20-15-22(30)24(23(16-20)32-25(31)29-14-9-8-13-27)26(28)17-19(4)11-12-21(26)18(2)3/h15-17,21,30H,2,5-14,27-28H2,1,3-4H3,(H,29,31)/t21-,26-/m0/s1. The quantitative estimate of drug-likeness (QED) is 0.283. The Hall–Kier alpha value is -2.31. The first-order chi connectivity index (χ1) is 15.2. The van der Waals surface area contributed by atoms with Crippen molar-refractivity contribution in [3.05, 3.63) is 47.1 Å². The highest BCUT2D eigenvalue weighted by atomic mass is 16.6. The second-order valence-electron chi connectivity index (χ2n) is 9.12. The maximum Gasteiger partial charge on any atom is 0.412 e. The van der Waals surface area contributed by atoms with Gasteiger partial charge in [0, 0.05) is 12.5 Å². The third kappa shape index (κ3) is 6.59. The van der Waals surface area contributed by atoms with Crippen molar-refractivity contribution >= 4 is 6.09 Å². The van der Waals surface area contributed by atoms with Gasteiger partial charge in [0.25, 0.3) is 0 Å². The average molecular weight is 444 g/mol. The number of rotatable bonds is 11. The lowest BCUT2D eigenvalue weighted by Crippen LogP contribution is -2.45. The molecular weight excluding hydrogens is 402 g/mol. The van der Waals surface area contributed by atoms with E-state index >= 15 is 0 Å². The van der Waals surface area contributed by atoms with Crippen LogP contribution < -0.4 is 21.5 Å². The van der Waals surface area contributed by atoms with Gasteiger partial charge in [-0.05, 0) is 76.6 Å². The molecule has 2 atom stereocenters. The molecule has 6 nitrogen and oxygen atoms in total. The Balaban J connectivity index is 2.46. The van der Waals surface area contributed by atoms with Gasteiger partial charge in [0.1, 0.15) is 11.5 Å². The summed E-state index contributed by atoms with van der Waals surface area (Å²) in [5.74, 6) is 0.301. The van der Waals surface area contributed by atoms with E-state index in [1.807, 2.05) is 26.0 Å². The number of allylic oxidation sites excluding steroid dienone is 1. The molecule has 0 unspecified atom stereocenters. The number of carbonyl (C=O) groups is 1. The maximum absolute atomic E-state index is 12.6. The maximum atomic E-state index is 12.6. The Labute approximate surface area is 193 Å².